The van der Waals surface area contributed by atoms with Crippen LogP contribution in [0.1, 0.15) is 35.3 Å². The van der Waals surface area contributed by atoms with E-state index in [4.69, 9.17) is 0 Å². The van der Waals surface area contributed by atoms with E-state index in [2.05, 4.69) is 12.6 Å². The first kappa shape index (κ1) is 15.2. The van der Waals surface area contributed by atoms with Crippen LogP contribution in [-0.2, 0) is 12.4 Å². The molecule has 0 aliphatic rings. The molecule has 0 spiro atoms. The average molecular weight is 288 g/mol. The Hall–Kier alpha value is -0.850. The smallest absolute Gasteiger partial charge is 0.171 e. The van der Waals surface area contributed by atoms with E-state index < -0.39 is 28.7 Å². The highest BCUT2D eigenvalue weighted by Gasteiger charge is 2.37. The Kier molecular flexibility index (Phi) is 4.25. The Labute approximate surface area is 105 Å². The quantitative estimate of drug-likeness (QED) is 0.567. The van der Waals surface area contributed by atoms with Gasteiger partial charge in [0.25, 0.3) is 0 Å². The standard InChI is InChI=1S/C11H10F6S/c1-2-9(18)6-3-7(10(12,13)14)5-8(4-6)11(15,16)17/h3-5,9,18H,2H2,1H3. The number of hydrogen-bond acceptors (Lipinski definition) is 1. The van der Waals surface area contributed by atoms with Crippen LogP contribution in [-0.4, -0.2) is 0 Å². The zero-order valence-electron chi connectivity index (χ0n) is 9.23. The molecule has 0 aromatic heterocycles. The van der Waals surface area contributed by atoms with E-state index in [0.717, 1.165) is 0 Å². The third-order valence-corrected chi connectivity index (χ3v) is 3.04. The van der Waals surface area contributed by atoms with Crippen LogP contribution < -0.4 is 0 Å². The largest absolute Gasteiger partial charge is 0.416 e. The zero-order valence-corrected chi connectivity index (χ0v) is 10.1. The molecule has 0 amide bonds. The summed E-state index contributed by atoms with van der Waals surface area (Å²) in [4.78, 5) is 0. The first-order valence-corrected chi connectivity index (χ1v) is 5.54. The van der Waals surface area contributed by atoms with Crippen molar-refractivity contribution < 1.29 is 26.3 Å². The summed E-state index contributed by atoms with van der Waals surface area (Å²) in [6.45, 7) is 1.63. The third-order valence-electron chi connectivity index (χ3n) is 2.38. The molecule has 0 aliphatic heterocycles. The molecule has 1 aromatic rings. The molecule has 0 nitrogen and oxygen atoms in total. The molecule has 1 atom stereocenters. The van der Waals surface area contributed by atoms with Crippen molar-refractivity contribution in [3.63, 3.8) is 0 Å². The van der Waals surface area contributed by atoms with Gasteiger partial charge in [0.2, 0.25) is 0 Å². The van der Waals surface area contributed by atoms with E-state index in [1.165, 1.54) is 0 Å². The summed E-state index contributed by atoms with van der Waals surface area (Å²) in [5.74, 6) is 0. The Morgan fingerprint density at radius 1 is 0.944 bits per heavy atom. The molecule has 0 saturated heterocycles. The number of rotatable bonds is 2. The lowest BCUT2D eigenvalue weighted by atomic mass is 10.0. The summed E-state index contributed by atoms with van der Waals surface area (Å²) < 4.78 is 75.1. The van der Waals surface area contributed by atoms with Crippen molar-refractivity contribution in [2.75, 3.05) is 0 Å². The van der Waals surface area contributed by atoms with Crippen LogP contribution in [0.5, 0.6) is 0 Å². The van der Waals surface area contributed by atoms with Gasteiger partial charge in [-0.05, 0) is 30.2 Å². The van der Waals surface area contributed by atoms with E-state index in [9.17, 15) is 26.3 Å². The number of benzene rings is 1. The molecule has 7 heteroatoms. The number of halogens is 6. The van der Waals surface area contributed by atoms with Crippen LogP contribution in [0.3, 0.4) is 0 Å². The van der Waals surface area contributed by atoms with Gasteiger partial charge in [0.05, 0.1) is 11.1 Å². The van der Waals surface area contributed by atoms with Crippen LogP contribution in [0, 0.1) is 0 Å². The maximum Gasteiger partial charge on any atom is 0.416 e. The van der Waals surface area contributed by atoms with Gasteiger partial charge in [-0.25, -0.2) is 0 Å². The monoisotopic (exact) mass is 288 g/mol. The molecule has 1 unspecified atom stereocenters. The normalized spacial score (nSPS) is 14.7. The summed E-state index contributed by atoms with van der Waals surface area (Å²) in [6, 6.07) is 1.52. The van der Waals surface area contributed by atoms with Gasteiger partial charge in [-0.2, -0.15) is 39.0 Å². The number of hydrogen-bond donors (Lipinski definition) is 1. The molecule has 0 aliphatic carbocycles. The first-order chi connectivity index (χ1) is 8.05. The second-order valence-electron chi connectivity index (χ2n) is 3.76. The lowest BCUT2D eigenvalue weighted by Gasteiger charge is -2.16. The Morgan fingerprint density at radius 3 is 1.61 bits per heavy atom. The fraction of sp³-hybridized carbons (Fsp3) is 0.455. The number of thiol groups is 1. The molecule has 0 fully saturated rings. The minimum atomic E-state index is -4.81. The Morgan fingerprint density at radius 2 is 1.33 bits per heavy atom. The minimum absolute atomic E-state index is 0.0806. The fourth-order valence-corrected chi connectivity index (χ4v) is 1.56. The fourth-order valence-electron chi connectivity index (χ4n) is 1.41. The van der Waals surface area contributed by atoms with Crippen molar-refractivity contribution in [2.24, 2.45) is 0 Å². The predicted octanol–water partition coefficient (Wildman–Crippen LogP) is 5.11. The maximum atomic E-state index is 12.5. The maximum absolute atomic E-state index is 12.5. The SMILES string of the molecule is CCC(S)c1cc(C(F)(F)F)cc(C(F)(F)F)c1. The van der Waals surface area contributed by atoms with Crippen LogP contribution in [0.15, 0.2) is 18.2 Å². The van der Waals surface area contributed by atoms with Crippen molar-refractivity contribution in [1.29, 1.82) is 0 Å². The van der Waals surface area contributed by atoms with Gasteiger partial charge in [0, 0.05) is 5.25 Å². The van der Waals surface area contributed by atoms with Gasteiger partial charge in [-0.1, -0.05) is 6.92 Å². The molecule has 0 heterocycles. The molecule has 0 N–H and O–H groups in total. The van der Waals surface area contributed by atoms with Crippen molar-refractivity contribution in [3.8, 4) is 0 Å². The highest BCUT2D eigenvalue weighted by atomic mass is 32.1. The molecule has 18 heavy (non-hydrogen) atoms. The highest BCUT2D eigenvalue weighted by molar-refractivity contribution is 7.80. The van der Waals surface area contributed by atoms with Gasteiger partial charge in [-0.3, -0.25) is 0 Å². The van der Waals surface area contributed by atoms with E-state index >= 15 is 0 Å². The van der Waals surface area contributed by atoms with Crippen LogP contribution in [0.4, 0.5) is 26.3 Å². The van der Waals surface area contributed by atoms with Crippen LogP contribution >= 0.6 is 12.6 Å². The lowest BCUT2D eigenvalue weighted by Crippen LogP contribution is -2.12. The van der Waals surface area contributed by atoms with Crippen molar-refractivity contribution in [2.45, 2.75) is 30.9 Å². The summed E-state index contributed by atoms with van der Waals surface area (Å²) in [5, 5.41) is -0.659. The van der Waals surface area contributed by atoms with Crippen molar-refractivity contribution >= 4 is 12.6 Å². The van der Waals surface area contributed by atoms with Gasteiger partial charge in [0.1, 0.15) is 0 Å². The second-order valence-corrected chi connectivity index (χ2v) is 4.39. The summed E-state index contributed by atoms with van der Waals surface area (Å²) in [6.07, 6.45) is -9.28. The summed E-state index contributed by atoms with van der Waals surface area (Å²) >= 11 is 3.97. The highest BCUT2D eigenvalue weighted by Crippen LogP contribution is 2.38. The van der Waals surface area contributed by atoms with Crippen LogP contribution in [0.2, 0.25) is 0 Å². The van der Waals surface area contributed by atoms with E-state index in [-0.39, 0.29) is 11.6 Å². The molecular formula is C11H10F6S. The van der Waals surface area contributed by atoms with Gasteiger partial charge in [-0.15, -0.1) is 0 Å². The van der Waals surface area contributed by atoms with Crippen LogP contribution in [0.25, 0.3) is 0 Å². The number of alkyl halides is 6. The van der Waals surface area contributed by atoms with Gasteiger partial charge in [0.15, 0.2) is 0 Å². The van der Waals surface area contributed by atoms with E-state index in [0.29, 0.717) is 18.6 Å². The minimum Gasteiger partial charge on any atom is -0.171 e. The summed E-state index contributed by atoms with van der Waals surface area (Å²) in [7, 11) is 0. The van der Waals surface area contributed by atoms with E-state index in [1.54, 1.807) is 6.92 Å². The lowest BCUT2D eigenvalue weighted by molar-refractivity contribution is -0.143. The molecule has 0 bridgehead atoms. The van der Waals surface area contributed by atoms with Crippen molar-refractivity contribution in [1.82, 2.24) is 0 Å². The molecule has 1 rings (SSSR count). The second kappa shape index (κ2) is 5.03. The first-order valence-electron chi connectivity index (χ1n) is 5.03. The molecule has 0 saturated carbocycles. The summed E-state index contributed by atoms with van der Waals surface area (Å²) in [5.41, 5.74) is -2.69. The average Bonchev–Trinajstić information content (AvgIpc) is 2.25. The topological polar surface area (TPSA) is 0 Å². The van der Waals surface area contributed by atoms with Crippen molar-refractivity contribution in [3.05, 3.63) is 34.9 Å². The predicted molar refractivity (Wildman–Crippen MR) is 58.5 cm³/mol. The Bertz CT molecular complexity index is 388. The Balaban J connectivity index is 3.39. The molecular weight excluding hydrogens is 278 g/mol. The third kappa shape index (κ3) is 3.57. The molecule has 1 aromatic carbocycles. The van der Waals surface area contributed by atoms with E-state index in [1.807, 2.05) is 0 Å². The molecule has 102 valence electrons. The van der Waals surface area contributed by atoms with Gasteiger partial charge >= 0.3 is 12.4 Å². The molecule has 0 radical (unpaired) electrons. The zero-order chi connectivity index (χ0) is 14.1. The van der Waals surface area contributed by atoms with Gasteiger partial charge < -0.3 is 0 Å².